The molecule has 0 saturated heterocycles. The van der Waals surface area contributed by atoms with Gasteiger partial charge in [0, 0.05) is 29.4 Å². The third-order valence-electron chi connectivity index (χ3n) is 4.21. The number of halogens is 1. The highest BCUT2D eigenvalue weighted by atomic mass is 35.5. The highest BCUT2D eigenvalue weighted by Gasteiger charge is 2.18. The van der Waals surface area contributed by atoms with Crippen molar-refractivity contribution in [3.8, 4) is 21.8 Å². The van der Waals surface area contributed by atoms with Gasteiger partial charge in [-0.3, -0.25) is 9.89 Å². The van der Waals surface area contributed by atoms with Gasteiger partial charge >= 0.3 is 0 Å². The van der Waals surface area contributed by atoms with E-state index in [4.69, 9.17) is 11.6 Å². The van der Waals surface area contributed by atoms with Gasteiger partial charge in [-0.05, 0) is 19.1 Å². The van der Waals surface area contributed by atoms with E-state index in [0.717, 1.165) is 26.4 Å². The Balaban J connectivity index is 1.88. The number of H-pyrrole nitrogens is 2. The van der Waals surface area contributed by atoms with E-state index in [1.165, 1.54) is 17.4 Å². The van der Waals surface area contributed by atoms with E-state index in [2.05, 4.69) is 30.1 Å². The van der Waals surface area contributed by atoms with E-state index in [0.29, 0.717) is 22.1 Å². The summed E-state index contributed by atoms with van der Waals surface area (Å²) in [7, 11) is 0. The largest absolute Gasteiger partial charge is 0.345 e. The Morgan fingerprint density at radius 3 is 2.85 bits per heavy atom. The topological polar surface area (TPSA) is 100 Å². The van der Waals surface area contributed by atoms with E-state index < -0.39 is 0 Å². The second kappa shape index (κ2) is 5.97. The van der Waals surface area contributed by atoms with Crippen molar-refractivity contribution in [2.75, 3.05) is 0 Å². The number of benzene rings is 1. The van der Waals surface area contributed by atoms with Crippen LogP contribution in [0.3, 0.4) is 0 Å². The van der Waals surface area contributed by atoms with Gasteiger partial charge in [0.1, 0.15) is 5.69 Å². The summed E-state index contributed by atoms with van der Waals surface area (Å²) in [6.45, 7) is 1.93. The molecule has 27 heavy (non-hydrogen) atoms. The van der Waals surface area contributed by atoms with Crippen molar-refractivity contribution in [3.05, 3.63) is 57.0 Å². The van der Waals surface area contributed by atoms with Gasteiger partial charge in [-0.2, -0.15) is 5.10 Å². The molecule has 1 aromatic carbocycles. The zero-order valence-corrected chi connectivity index (χ0v) is 15.5. The van der Waals surface area contributed by atoms with E-state index in [1.807, 2.05) is 13.0 Å². The molecule has 132 valence electrons. The summed E-state index contributed by atoms with van der Waals surface area (Å²) in [5.74, 6) is 0. The molecule has 0 spiro atoms. The lowest BCUT2D eigenvalue weighted by atomic mass is 10.1. The van der Waals surface area contributed by atoms with Crippen LogP contribution in [0.1, 0.15) is 5.01 Å². The number of aromatic amines is 2. The van der Waals surface area contributed by atoms with Crippen LogP contribution in [0.2, 0.25) is 5.02 Å². The van der Waals surface area contributed by atoms with Gasteiger partial charge < -0.3 is 4.98 Å². The van der Waals surface area contributed by atoms with Crippen molar-refractivity contribution in [2.24, 2.45) is 0 Å². The molecule has 0 atom stereocenters. The summed E-state index contributed by atoms with van der Waals surface area (Å²) in [6, 6.07) is 5.16. The van der Waals surface area contributed by atoms with E-state index in [9.17, 15) is 4.79 Å². The number of rotatable bonds is 2. The van der Waals surface area contributed by atoms with Gasteiger partial charge in [0.25, 0.3) is 0 Å². The highest BCUT2D eigenvalue weighted by molar-refractivity contribution is 7.15. The molecule has 0 unspecified atom stereocenters. The van der Waals surface area contributed by atoms with Crippen LogP contribution in [0.15, 0.2) is 41.6 Å². The molecule has 0 aliphatic heterocycles. The number of hydrogen-bond donors (Lipinski definition) is 2. The molecule has 7 nitrogen and oxygen atoms in total. The molecule has 0 bridgehead atoms. The van der Waals surface area contributed by atoms with Crippen LogP contribution in [0.5, 0.6) is 0 Å². The van der Waals surface area contributed by atoms with Crippen molar-refractivity contribution in [1.82, 2.24) is 30.1 Å². The maximum atomic E-state index is 12.3. The zero-order chi connectivity index (χ0) is 18.5. The second-order valence-corrected chi connectivity index (χ2v) is 7.64. The summed E-state index contributed by atoms with van der Waals surface area (Å²) in [5.41, 5.74) is 3.25. The standard InChI is InChI=1S/C18H11ClN6OS/c1-8-21-7-13(27-8)17-15(23-16-12(26)2-3-20-18(16)24-17)9-4-10-6-22-25-14(10)11(19)5-9/h2-7H,1H3,(H,22,25)(H,20,24,26). The molecule has 4 aromatic heterocycles. The van der Waals surface area contributed by atoms with Gasteiger partial charge in [0.05, 0.1) is 32.3 Å². The molecule has 4 heterocycles. The van der Waals surface area contributed by atoms with Crippen molar-refractivity contribution >= 4 is 45.0 Å². The van der Waals surface area contributed by atoms with Crippen molar-refractivity contribution in [1.29, 1.82) is 0 Å². The first-order valence-electron chi connectivity index (χ1n) is 8.05. The Hall–Kier alpha value is -3.10. The second-order valence-electron chi connectivity index (χ2n) is 6.00. The maximum Gasteiger partial charge on any atom is 0.209 e. The molecular formula is C18H11ClN6OS. The summed E-state index contributed by atoms with van der Waals surface area (Å²) in [4.78, 5) is 29.8. The van der Waals surface area contributed by atoms with Gasteiger partial charge in [-0.15, -0.1) is 11.3 Å². The van der Waals surface area contributed by atoms with Crippen molar-refractivity contribution in [2.45, 2.75) is 6.92 Å². The van der Waals surface area contributed by atoms with Crippen LogP contribution in [0.25, 0.3) is 43.9 Å². The van der Waals surface area contributed by atoms with E-state index >= 15 is 0 Å². The fourth-order valence-electron chi connectivity index (χ4n) is 2.98. The Labute approximate surface area is 161 Å². The molecule has 2 N–H and O–H groups in total. The van der Waals surface area contributed by atoms with E-state index in [1.54, 1.807) is 24.7 Å². The number of hydrogen-bond acceptors (Lipinski definition) is 6. The molecular weight excluding hydrogens is 384 g/mol. The minimum absolute atomic E-state index is 0.194. The normalized spacial score (nSPS) is 11.5. The summed E-state index contributed by atoms with van der Waals surface area (Å²) >= 11 is 7.92. The van der Waals surface area contributed by atoms with Gasteiger partial charge in [0.15, 0.2) is 11.2 Å². The van der Waals surface area contributed by atoms with Crippen LogP contribution in [0, 0.1) is 6.92 Å². The predicted octanol–water partition coefficient (Wildman–Crippen LogP) is 3.95. The maximum absolute atomic E-state index is 12.3. The van der Waals surface area contributed by atoms with Gasteiger partial charge in [-0.1, -0.05) is 11.6 Å². The molecule has 5 rings (SSSR count). The number of nitrogens with zero attached hydrogens (tertiary/aromatic N) is 4. The molecule has 0 aliphatic carbocycles. The fourth-order valence-corrected chi connectivity index (χ4v) is 4.01. The highest BCUT2D eigenvalue weighted by Crippen LogP contribution is 2.36. The molecule has 0 amide bonds. The number of aromatic nitrogens is 6. The lowest BCUT2D eigenvalue weighted by Crippen LogP contribution is -2.06. The smallest absolute Gasteiger partial charge is 0.209 e. The Kier molecular flexibility index (Phi) is 3.56. The minimum Gasteiger partial charge on any atom is -0.345 e. The Morgan fingerprint density at radius 2 is 2.04 bits per heavy atom. The first kappa shape index (κ1) is 16.1. The predicted molar refractivity (Wildman–Crippen MR) is 106 cm³/mol. The molecule has 0 radical (unpaired) electrons. The molecule has 0 saturated carbocycles. The first-order chi connectivity index (χ1) is 13.1. The van der Waals surface area contributed by atoms with Crippen molar-refractivity contribution in [3.63, 3.8) is 0 Å². The molecule has 0 aliphatic rings. The Morgan fingerprint density at radius 1 is 1.15 bits per heavy atom. The quantitative estimate of drug-likeness (QED) is 0.472. The van der Waals surface area contributed by atoms with Gasteiger partial charge in [0.2, 0.25) is 5.43 Å². The average molecular weight is 395 g/mol. The number of fused-ring (bicyclic) bond motifs is 2. The molecule has 9 heteroatoms. The summed E-state index contributed by atoms with van der Waals surface area (Å²) in [5, 5.41) is 9.21. The fraction of sp³-hybridized carbons (Fsp3) is 0.0556. The van der Waals surface area contributed by atoms with Crippen LogP contribution in [0.4, 0.5) is 0 Å². The molecule has 5 aromatic rings. The number of nitrogens with one attached hydrogen (secondary N) is 2. The van der Waals surface area contributed by atoms with Crippen LogP contribution in [-0.2, 0) is 0 Å². The number of thiazole rings is 1. The number of pyridine rings is 1. The molecule has 0 fully saturated rings. The lowest BCUT2D eigenvalue weighted by molar-refractivity contribution is 1.12. The SMILES string of the molecule is Cc1ncc(-c2nc3[nH]ccc(=O)c3nc2-c2cc(Cl)c3[nH]ncc3c2)s1. The van der Waals surface area contributed by atoms with Crippen LogP contribution in [-0.4, -0.2) is 30.1 Å². The first-order valence-corrected chi connectivity index (χ1v) is 9.25. The van der Waals surface area contributed by atoms with Crippen LogP contribution < -0.4 is 5.43 Å². The third-order valence-corrected chi connectivity index (χ3v) is 5.43. The third kappa shape index (κ3) is 2.61. The van der Waals surface area contributed by atoms with Gasteiger partial charge in [-0.25, -0.2) is 15.0 Å². The monoisotopic (exact) mass is 394 g/mol. The number of aryl methyl sites for hydroxylation is 1. The van der Waals surface area contributed by atoms with E-state index in [-0.39, 0.29) is 10.9 Å². The average Bonchev–Trinajstić information content (AvgIpc) is 3.30. The summed E-state index contributed by atoms with van der Waals surface area (Å²) in [6.07, 6.45) is 5.02. The summed E-state index contributed by atoms with van der Waals surface area (Å²) < 4.78 is 0. The lowest BCUT2D eigenvalue weighted by Gasteiger charge is -2.09. The Bertz CT molecular complexity index is 1390. The van der Waals surface area contributed by atoms with Crippen LogP contribution >= 0.6 is 22.9 Å². The van der Waals surface area contributed by atoms with Crippen molar-refractivity contribution < 1.29 is 0 Å². The zero-order valence-electron chi connectivity index (χ0n) is 13.9. The minimum atomic E-state index is -0.194.